The van der Waals surface area contributed by atoms with Crippen molar-refractivity contribution in [2.24, 2.45) is 11.8 Å². The largest absolute Gasteiger partial charge is 0.481 e. The van der Waals surface area contributed by atoms with Crippen LogP contribution in [0.25, 0.3) is 0 Å². The van der Waals surface area contributed by atoms with Crippen molar-refractivity contribution < 1.29 is 14.8 Å². The number of carboxylic acid groups (broad SMARTS) is 1. The fourth-order valence-corrected chi connectivity index (χ4v) is 2.90. The summed E-state index contributed by atoms with van der Waals surface area (Å²) in [4.78, 5) is 28.5. The number of hydrogen-bond donors (Lipinski definition) is 1. The molecule has 0 bridgehead atoms. The number of anilines is 1. The lowest BCUT2D eigenvalue weighted by Gasteiger charge is -2.27. The third-order valence-corrected chi connectivity index (χ3v) is 3.92. The molecule has 0 spiro atoms. The average Bonchev–Trinajstić information content (AvgIpc) is 2.50. The van der Waals surface area contributed by atoms with Crippen LogP contribution in [0.2, 0.25) is 0 Å². The van der Waals surface area contributed by atoms with Gasteiger partial charge in [-0.25, -0.2) is 4.98 Å². The van der Waals surface area contributed by atoms with Crippen molar-refractivity contribution in [3.8, 4) is 0 Å². The first-order chi connectivity index (χ1) is 11.6. The molecular formula is C18H29N3O4. The highest BCUT2D eigenvalue weighted by Crippen LogP contribution is 2.32. The molecule has 0 amide bonds. The van der Waals surface area contributed by atoms with Gasteiger partial charge in [-0.3, -0.25) is 14.9 Å². The van der Waals surface area contributed by atoms with E-state index in [2.05, 4.69) is 32.7 Å². The summed E-state index contributed by atoms with van der Waals surface area (Å²) in [7, 11) is 0. The van der Waals surface area contributed by atoms with Crippen LogP contribution in [0.3, 0.4) is 0 Å². The molecule has 0 aromatic carbocycles. The molecule has 0 saturated heterocycles. The van der Waals surface area contributed by atoms with E-state index >= 15 is 0 Å². The zero-order valence-electron chi connectivity index (χ0n) is 15.7. The molecule has 1 atom stereocenters. The van der Waals surface area contributed by atoms with Crippen LogP contribution in [0.4, 0.5) is 11.5 Å². The number of nitro groups is 1. The standard InChI is InChI=1S/C18H29N3O4/c1-6-14(8-17(22)23)15-7-16(21(24)25)18(19-9-15)20(10-12(2)3)11-13(4)5/h7,9,12-14H,6,8,10-11H2,1-5H3,(H,22,23). The number of hydrogen-bond acceptors (Lipinski definition) is 5. The van der Waals surface area contributed by atoms with Gasteiger partial charge in [-0.05, 0) is 29.7 Å². The SMILES string of the molecule is CCC(CC(=O)O)c1cnc(N(CC(C)C)CC(C)C)c([N+](=O)[O-])c1. The number of carboxylic acids is 1. The number of aromatic nitrogens is 1. The maximum atomic E-state index is 11.6. The highest BCUT2D eigenvalue weighted by Gasteiger charge is 2.25. The number of nitrogens with zero attached hydrogens (tertiary/aromatic N) is 3. The van der Waals surface area contributed by atoms with Gasteiger partial charge >= 0.3 is 11.7 Å². The number of rotatable bonds is 10. The van der Waals surface area contributed by atoms with Gasteiger partial charge in [-0.15, -0.1) is 0 Å². The van der Waals surface area contributed by atoms with Crippen LogP contribution in [0.5, 0.6) is 0 Å². The van der Waals surface area contributed by atoms with Crippen molar-refractivity contribution in [2.45, 2.75) is 53.4 Å². The Labute approximate surface area is 149 Å². The molecule has 25 heavy (non-hydrogen) atoms. The summed E-state index contributed by atoms with van der Waals surface area (Å²) in [6, 6.07) is 1.49. The Morgan fingerprint density at radius 3 is 2.24 bits per heavy atom. The second-order valence-electron chi connectivity index (χ2n) is 7.26. The molecule has 0 fully saturated rings. The van der Waals surface area contributed by atoms with E-state index < -0.39 is 10.9 Å². The summed E-state index contributed by atoms with van der Waals surface area (Å²) in [5.41, 5.74) is 0.553. The van der Waals surface area contributed by atoms with Gasteiger partial charge in [0.1, 0.15) is 0 Å². The van der Waals surface area contributed by atoms with Crippen molar-refractivity contribution in [1.82, 2.24) is 4.98 Å². The average molecular weight is 351 g/mol. The molecule has 1 aromatic rings. The maximum Gasteiger partial charge on any atom is 0.311 e. The third kappa shape index (κ3) is 6.32. The summed E-state index contributed by atoms with van der Waals surface area (Å²) < 4.78 is 0. The van der Waals surface area contributed by atoms with E-state index in [4.69, 9.17) is 5.11 Å². The molecule has 0 aliphatic rings. The molecule has 7 nitrogen and oxygen atoms in total. The number of pyridine rings is 1. The zero-order valence-corrected chi connectivity index (χ0v) is 15.7. The summed E-state index contributed by atoms with van der Waals surface area (Å²) in [6.45, 7) is 11.5. The van der Waals surface area contributed by atoms with Gasteiger partial charge in [0.05, 0.1) is 11.3 Å². The minimum atomic E-state index is -0.917. The van der Waals surface area contributed by atoms with Crippen LogP contribution in [-0.4, -0.2) is 34.1 Å². The lowest BCUT2D eigenvalue weighted by atomic mass is 9.94. The third-order valence-electron chi connectivity index (χ3n) is 3.92. The molecule has 1 N–H and O–H groups in total. The molecular weight excluding hydrogens is 322 g/mol. The monoisotopic (exact) mass is 351 g/mol. The topological polar surface area (TPSA) is 96.6 Å². The van der Waals surface area contributed by atoms with Crippen LogP contribution in [0.15, 0.2) is 12.3 Å². The quantitative estimate of drug-likeness (QED) is 0.504. The van der Waals surface area contributed by atoms with Crippen LogP contribution < -0.4 is 4.90 Å². The van der Waals surface area contributed by atoms with E-state index in [1.165, 1.54) is 6.07 Å². The van der Waals surface area contributed by atoms with Gasteiger partial charge < -0.3 is 10.0 Å². The Bertz CT molecular complexity index is 592. The molecule has 1 rings (SSSR count). The molecule has 1 heterocycles. The van der Waals surface area contributed by atoms with E-state index in [-0.39, 0.29) is 18.0 Å². The smallest absolute Gasteiger partial charge is 0.311 e. The summed E-state index contributed by atoms with van der Waals surface area (Å²) >= 11 is 0. The van der Waals surface area contributed by atoms with E-state index in [9.17, 15) is 14.9 Å². The van der Waals surface area contributed by atoms with E-state index in [0.717, 1.165) is 0 Å². The van der Waals surface area contributed by atoms with E-state index in [1.54, 1.807) is 6.20 Å². The van der Waals surface area contributed by atoms with Gasteiger partial charge in [0, 0.05) is 25.4 Å². The minimum Gasteiger partial charge on any atom is -0.481 e. The van der Waals surface area contributed by atoms with Gasteiger partial charge in [0.15, 0.2) is 0 Å². The first-order valence-electron chi connectivity index (χ1n) is 8.76. The second kappa shape index (κ2) is 9.34. The van der Waals surface area contributed by atoms with Gasteiger partial charge in [-0.2, -0.15) is 0 Å². The normalized spacial score (nSPS) is 12.4. The van der Waals surface area contributed by atoms with Crippen molar-refractivity contribution >= 4 is 17.5 Å². The Balaban J connectivity index is 3.30. The van der Waals surface area contributed by atoms with E-state index in [0.29, 0.717) is 42.7 Å². The predicted molar refractivity (Wildman–Crippen MR) is 98.1 cm³/mol. The van der Waals surface area contributed by atoms with Gasteiger partial charge in [-0.1, -0.05) is 34.6 Å². The Morgan fingerprint density at radius 1 is 1.28 bits per heavy atom. The highest BCUT2D eigenvalue weighted by molar-refractivity contribution is 5.68. The van der Waals surface area contributed by atoms with Crippen LogP contribution >= 0.6 is 0 Å². The minimum absolute atomic E-state index is 0.0531. The summed E-state index contributed by atoms with van der Waals surface area (Å²) in [6.07, 6.45) is 2.12. The molecule has 0 aliphatic carbocycles. The lowest BCUT2D eigenvalue weighted by molar-refractivity contribution is -0.384. The first kappa shape index (κ1) is 20.9. The van der Waals surface area contributed by atoms with E-state index in [1.807, 2.05) is 11.8 Å². The van der Waals surface area contributed by atoms with Crippen LogP contribution in [0.1, 0.15) is 58.9 Å². The van der Waals surface area contributed by atoms with Crippen molar-refractivity contribution in [2.75, 3.05) is 18.0 Å². The summed E-state index contributed by atoms with van der Waals surface area (Å²) in [5.74, 6) is -0.145. The van der Waals surface area contributed by atoms with Crippen LogP contribution in [-0.2, 0) is 4.79 Å². The van der Waals surface area contributed by atoms with Gasteiger partial charge in [0.25, 0.3) is 0 Å². The van der Waals surface area contributed by atoms with Gasteiger partial charge in [0.2, 0.25) is 5.82 Å². The summed E-state index contributed by atoms with van der Waals surface area (Å²) in [5, 5.41) is 20.6. The predicted octanol–water partition coefficient (Wildman–Crippen LogP) is 4.08. The molecule has 7 heteroatoms. The molecule has 0 saturated carbocycles. The molecule has 0 aliphatic heterocycles. The molecule has 1 aromatic heterocycles. The Hall–Kier alpha value is -2.18. The first-order valence-corrected chi connectivity index (χ1v) is 8.76. The zero-order chi connectivity index (χ0) is 19.1. The maximum absolute atomic E-state index is 11.6. The number of aliphatic carboxylic acids is 1. The Kier molecular flexibility index (Phi) is 7.80. The van der Waals surface area contributed by atoms with Crippen molar-refractivity contribution in [3.63, 3.8) is 0 Å². The molecule has 1 unspecified atom stereocenters. The lowest BCUT2D eigenvalue weighted by Crippen LogP contribution is -2.32. The van der Waals surface area contributed by atoms with Crippen LogP contribution in [0, 0.1) is 22.0 Å². The Morgan fingerprint density at radius 2 is 1.84 bits per heavy atom. The van der Waals surface area contributed by atoms with Crippen molar-refractivity contribution in [1.29, 1.82) is 0 Å². The molecule has 0 radical (unpaired) electrons. The molecule has 140 valence electrons. The number of carbonyl (C=O) groups is 1. The van der Waals surface area contributed by atoms with Crippen molar-refractivity contribution in [3.05, 3.63) is 27.9 Å². The fraction of sp³-hybridized carbons (Fsp3) is 0.667. The second-order valence-corrected chi connectivity index (χ2v) is 7.26. The fourth-order valence-electron chi connectivity index (χ4n) is 2.90. The highest BCUT2D eigenvalue weighted by atomic mass is 16.6.